The van der Waals surface area contributed by atoms with Crippen LogP contribution in [-0.4, -0.2) is 30.2 Å². The van der Waals surface area contributed by atoms with Gasteiger partial charge in [-0.05, 0) is 36.4 Å². The molecule has 1 aromatic heterocycles. The third-order valence-electron chi connectivity index (χ3n) is 2.72. The maximum Gasteiger partial charge on any atom is 0.283 e. The molecule has 0 bridgehead atoms. The molecule has 0 fully saturated rings. The number of aromatic nitrogens is 1. The van der Waals surface area contributed by atoms with Gasteiger partial charge < -0.3 is 4.90 Å². The molecule has 0 aliphatic carbocycles. The highest BCUT2D eigenvalue weighted by molar-refractivity contribution is 6.04. The fourth-order valence-corrected chi connectivity index (χ4v) is 1.60. The van der Waals surface area contributed by atoms with Crippen molar-refractivity contribution in [1.82, 2.24) is 4.98 Å². The molecule has 6 heteroatoms. The molecule has 0 aliphatic rings. The van der Waals surface area contributed by atoms with Crippen molar-refractivity contribution in [3.63, 3.8) is 0 Å². The Morgan fingerprint density at radius 1 is 1.15 bits per heavy atom. The highest BCUT2D eigenvalue weighted by Gasteiger charge is 2.16. The quantitative estimate of drug-likeness (QED) is 0.690. The number of rotatable bonds is 3. The van der Waals surface area contributed by atoms with E-state index in [1.807, 2.05) is 14.1 Å². The summed E-state index contributed by atoms with van der Waals surface area (Å²) in [5.41, 5.74) is 0.426. The molecule has 0 saturated heterocycles. The standard InChI is InChI=1S/C14H14FN3O2/c1-17(2)13-8-3-10(9-16-13)14(19)18(20)12-6-4-11(15)5-7-12/h3-9,20H,1-2H3. The lowest BCUT2D eigenvalue weighted by molar-refractivity contribution is 0.0854. The first-order valence-corrected chi connectivity index (χ1v) is 5.91. The van der Waals surface area contributed by atoms with Gasteiger partial charge in [-0.2, -0.15) is 5.06 Å². The van der Waals surface area contributed by atoms with Crippen LogP contribution in [0.25, 0.3) is 0 Å². The lowest BCUT2D eigenvalue weighted by Crippen LogP contribution is -2.27. The van der Waals surface area contributed by atoms with Crippen molar-refractivity contribution in [3.05, 3.63) is 54.0 Å². The Bertz CT molecular complexity index is 597. The molecule has 1 amide bonds. The summed E-state index contributed by atoms with van der Waals surface area (Å²) in [6.45, 7) is 0. The van der Waals surface area contributed by atoms with Crippen LogP contribution in [0.2, 0.25) is 0 Å². The van der Waals surface area contributed by atoms with Crippen molar-refractivity contribution in [2.24, 2.45) is 0 Å². The Labute approximate surface area is 115 Å². The second-order valence-electron chi connectivity index (χ2n) is 4.39. The zero-order chi connectivity index (χ0) is 14.7. The van der Waals surface area contributed by atoms with E-state index in [2.05, 4.69) is 4.98 Å². The molecule has 20 heavy (non-hydrogen) atoms. The number of benzene rings is 1. The molecule has 0 unspecified atom stereocenters. The molecule has 0 radical (unpaired) electrons. The van der Waals surface area contributed by atoms with Gasteiger partial charge in [0.2, 0.25) is 0 Å². The van der Waals surface area contributed by atoms with E-state index >= 15 is 0 Å². The largest absolute Gasteiger partial charge is 0.363 e. The minimum atomic E-state index is -0.630. The van der Waals surface area contributed by atoms with Crippen molar-refractivity contribution in [1.29, 1.82) is 0 Å². The Morgan fingerprint density at radius 2 is 1.80 bits per heavy atom. The smallest absolute Gasteiger partial charge is 0.283 e. The van der Waals surface area contributed by atoms with E-state index in [1.165, 1.54) is 30.5 Å². The first-order chi connectivity index (χ1) is 9.49. The summed E-state index contributed by atoms with van der Waals surface area (Å²) in [6.07, 6.45) is 1.38. The Balaban J connectivity index is 2.20. The van der Waals surface area contributed by atoms with Crippen LogP contribution in [-0.2, 0) is 0 Å². The maximum atomic E-state index is 12.8. The molecular formula is C14H14FN3O2. The number of halogens is 1. The van der Waals surface area contributed by atoms with Gasteiger partial charge in [-0.1, -0.05) is 0 Å². The van der Waals surface area contributed by atoms with Crippen molar-refractivity contribution < 1.29 is 14.4 Å². The van der Waals surface area contributed by atoms with Gasteiger partial charge in [0.25, 0.3) is 5.91 Å². The molecule has 0 saturated carbocycles. The average Bonchev–Trinajstić information content (AvgIpc) is 2.46. The summed E-state index contributed by atoms with van der Waals surface area (Å²) < 4.78 is 12.8. The highest BCUT2D eigenvalue weighted by atomic mass is 19.1. The van der Waals surface area contributed by atoms with E-state index in [9.17, 15) is 14.4 Å². The lowest BCUT2D eigenvalue weighted by atomic mass is 10.2. The second kappa shape index (κ2) is 5.66. The normalized spacial score (nSPS) is 10.2. The van der Waals surface area contributed by atoms with Crippen LogP contribution in [0, 0.1) is 5.82 Å². The number of carbonyl (C=O) groups is 1. The molecule has 1 heterocycles. The van der Waals surface area contributed by atoms with Gasteiger partial charge in [-0.25, -0.2) is 9.37 Å². The zero-order valence-corrected chi connectivity index (χ0v) is 11.1. The van der Waals surface area contributed by atoms with E-state index in [0.717, 1.165) is 0 Å². The minimum absolute atomic E-state index is 0.188. The predicted molar refractivity (Wildman–Crippen MR) is 73.6 cm³/mol. The van der Waals surface area contributed by atoms with Gasteiger partial charge >= 0.3 is 0 Å². The first kappa shape index (κ1) is 14.0. The number of anilines is 2. The third-order valence-corrected chi connectivity index (χ3v) is 2.72. The number of hydrogen-bond acceptors (Lipinski definition) is 4. The van der Waals surface area contributed by atoms with Gasteiger partial charge in [0.1, 0.15) is 11.6 Å². The number of hydroxylamine groups is 1. The van der Waals surface area contributed by atoms with Crippen LogP contribution in [0.5, 0.6) is 0 Å². The van der Waals surface area contributed by atoms with Gasteiger partial charge in [0.15, 0.2) is 0 Å². The zero-order valence-electron chi connectivity index (χ0n) is 11.1. The van der Waals surface area contributed by atoms with Crippen molar-refractivity contribution >= 4 is 17.4 Å². The Morgan fingerprint density at radius 3 is 2.30 bits per heavy atom. The molecule has 2 rings (SSSR count). The van der Waals surface area contributed by atoms with Crippen molar-refractivity contribution in [2.75, 3.05) is 24.1 Å². The Hall–Kier alpha value is -2.47. The molecule has 1 N–H and O–H groups in total. The average molecular weight is 275 g/mol. The second-order valence-corrected chi connectivity index (χ2v) is 4.39. The van der Waals surface area contributed by atoms with E-state index in [4.69, 9.17) is 0 Å². The summed E-state index contributed by atoms with van der Waals surface area (Å²) >= 11 is 0. The summed E-state index contributed by atoms with van der Waals surface area (Å²) in [6, 6.07) is 8.20. The molecule has 5 nitrogen and oxygen atoms in total. The van der Waals surface area contributed by atoms with Crippen LogP contribution in [0.3, 0.4) is 0 Å². The van der Waals surface area contributed by atoms with Crippen molar-refractivity contribution in [3.8, 4) is 0 Å². The maximum absolute atomic E-state index is 12.8. The van der Waals surface area contributed by atoms with Gasteiger partial charge in [0, 0.05) is 20.3 Å². The molecule has 0 aliphatic heterocycles. The van der Waals surface area contributed by atoms with Gasteiger partial charge in [-0.3, -0.25) is 10.0 Å². The van der Waals surface area contributed by atoms with E-state index in [-0.39, 0.29) is 11.3 Å². The predicted octanol–water partition coefficient (Wildman–Crippen LogP) is 2.32. The number of hydrogen-bond donors (Lipinski definition) is 1. The lowest BCUT2D eigenvalue weighted by Gasteiger charge is -2.16. The number of carbonyl (C=O) groups excluding carboxylic acids is 1. The summed E-state index contributed by atoms with van der Waals surface area (Å²) in [4.78, 5) is 17.9. The molecule has 2 aromatic rings. The SMILES string of the molecule is CN(C)c1ccc(C(=O)N(O)c2ccc(F)cc2)cn1. The van der Waals surface area contributed by atoms with Crippen LogP contribution in [0.15, 0.2) is 42.6 Å². The van der Waals surface area contributed by atoms with Crippen LogP contribution < -0.4 is 9.96 Å². The summed E-state index contributed by atoms with van der Waals surface area (Å²) in [7, 11) is 3.67. The number of amides is 1. The van der Waals surface area contributed by atoms with Crippen LogP contribution in [0.4, 0.5) is 15.9 Å². The van der Waals surface area contributed by atoms with Crippen LogP contribution >= 0.6 is 0 Å². The van der Waals surface area contributed by atoms with Gasteiger partial charge in [0.05, 0.1) is 11.3 Å². The minimum Gasteiger partial charge on any atom is -0.363 e. The summed E-state index contributed by atoms with van der Waals surface area (Å²) in [5, 5.41) is 10.3. The molecule has 0 spiro atoms. The third kappa shape index (κ3) is 2.92. The summed E-state index contributed by atoms with van der Waals surface area (Å²) in [5.74, 6) is -0.367. The van der Waals surface area contributed by atoms with Crippen LogP contribution in [0.1, 0.15) is 10.4 Å². The van der Waals surface area contributed by atoms with E-state index in [1.54, 1.807) is 17.0 Å². The van der Waals surface area contributed by atoms with Crippen molar-refractivity contribution in [2.45, 2.75) is 0 Å². The number of pyridine rings is 1. The molecule has 0 atom stereocenters. The Kier molecular flexibility index (Phi) is 3.95. The molecule has 1 aromatic carbocycles. The number of nitrogens with zero attached hydrogens (tertiary/aromatic N) is 3. The topological polar surface area (TPSA) is 56.7 Å². The monoisotopic (exact) mass is 275 g/mol. The molecular weight excluding hydrogens is 261 g/mol. The first-order valence-electron chi connectivity index (χ1n) is 5.91. The molecule has 104 valence electrons. The fraction of sp³-hybridized carbons (Fsp3) is 0.143. The fourth-order valence-electron chi connectivity index (χ4n) is 1.60. The highest BCUT2D eigenvalue weighted by Crippen LogP contribution is 2.16. The van der Waals surface area contributed by atoms with Gasteiger partial charge in [-0.15, -0.1) is 0 Å². The van der Waals surface area contributed by atoms with E-state index < -0.39 is 11.7 Å². The van der Waals surface area contributed by atoms with E-state index in [0.29, 0.717) is 10.9 Å².